The summed E-state index contributed by atoms with van der Waals surface area (Å²) >= 11 is 3.51. The van der Waals surface area contributed by atoms with Crippen molar-refractivity contribution in [2.24, 2.45) is 0 Å². The maximum absolute atomic E-state index is 12.9. The molecule has 146 valence electrons. The Hall–Kier alpha value is -2.24. The van der Waals surface area contributed by atoms with E-state index in [9.17, 15) is 4.79 Å². The van der Waals surface area contributed by atoms with Gasteiger partial charge in [0.25, 0.3) is 5.91 Å². The third kappa shape index (κ3) is 4.97. The molecule has 4 nitrogen and oxygen atoms in total. The van der Waals surface area contributed by atoms with Crippen molar-refractivity contribution in [2.45, 2.75) is 19.8 Å². The highest BCUT2D eigenvalue weighted by molar-refractivity contribution is 9.10. The van der Waals surface area contributed by atoms with Crippen LogP contribution in [0.3, 0.4) is 0 Å². The smallest absolute Gasteiger partial charge is 0.252 e. The van der Waals surface area contributed by atoms with Crippen molar-refractivity contribution in [2.75, 3.05) is 27.2 Å². The van der Waals surface area contributed by atoms with Gasteiger partial charge in [0, 0.05) is 22.0 Å². The van der Waals surface area contributed by atoms with E-state index < -0.39 is 0 Å². The molecule has 0 saturated carbocycles. The number of pyridine rings is 1. The number of rotatable bonds is 7. The fourth-order valence-electron chi connectivity index (χ4n) is 3.14. The average Bonchev–Trinajstić information content (AvgIpc) is 2.70. The highest BCUT2D eigenvalue weighted by Gasteiger charge is 2.14. The second kappa shape index (κ2) is 9.30. The third-order valence-corrected chi connectivity index (χ3v) is 5.23. The first-order valence-electron chi connectivity index (χ1n) is 9.60. The minimum Gasteiger partial charge on any atom is -0.352 e. The molecule has 0 bridgehead atoms. The fourth-order valence-corrected chi connectivity index (χ4v) is 3.50. The zero-order chi connectivity index (χ0) is 20.1. The molecule has 2 aromatic carbocycles. The summed E-state index contributed by atoms with van der Waals surface area (Å²) in [5.74, 6) is -0.0596. The van der Waals surface area contributed by atoms with Gasteiger partial charge < -0.3 is 10.2 Å². The van der Waals surface area contributed by atoms with E-state index in [1.807, 2.05) is 38.4 Å². The van der Waals surface area contributed by atoms with Crippen LogP contribution in [0.25, 0.3) is 22.2 Å². The van der Waals surface area contributed by atoms with Gasteiger partial charge >= 0.3 is 0 Å². The van der Waals surface area contributed by atoms with Crippen LogP contribution in [0.1, 0.15) is 29.3 Å². The van der Waals surface area contributed by atoms with E-state index in [0.717, 1.165) is 46.0 Å². The highest BCUT2D eigenvalue weighted by Crippen LogP contribution is 2.27. The Kier molecular flexibility index (Phi) is 6.81. The Labute approximate surface area is 175 Å². The average molecular weight is 440 g/mol. The van der Waals surface area contributed by atoms with E-state index in [2.05, 4.69) is 57.3 Å². The van der Waals surface area contributed by atoms with Crippen molar-refractivity contribution in [1.29, 1.82) is 0 Å². The summed E-state index contributed by atoms with van der Waals surface area (Å²) < 4.78 is 0.934. The summed E-state index contributed by atoms with van der Waals surface area (Å²) in [5.41, 5.74) is 4.59. The topological polar surface area (TPSA) is 45.2 Å². The molecule has 0 saturated heterocycles. The van der Waals surface area contributed by atoms with Crippen LogP contribution in [0.15, 0.2) is 53.0 Å². The minimum atomic E-state index is -0.0596. The molecule has 5 heteroatoms. The summed E-state index contributed by atoms with van der Waals surface area (Å²) in [6.07, 6.45) is 1.91. The van der Waals surface area contributed by atoms with E-state index in [-0.39, 0.29) is 5.91 Å². The lowest BCUT2D eigenvalue weighted by Gasteiger charge is -2.13. The normalized spacial score (nSPS) is 11.2. The summed E-state index contributed by atoms with van der Waals surface area (Å²) in [7, 11) is 4.07. The van der Waals surface area contributed by atoms with Crippen molar-refractivity contribution >= 4 is 32.7 Å². The van der Waals surface area contributed by atoms with E-state index >= 15 is 0 Å². The van der Waals surface area contributed by atoms with Crippen LogP contribution in [-0.4, -0.2) is 43.0 Å². The first-order chi connectivity index (χ1) is 13.5. The summed E-state index contributed by atoms with van der Waals surface area (Å²) in [5, 5.41) is 3.91. The summed E-state index contributed by atoms with van der Waals surface area (Å²) in [6.45, 7) is 3.73. The van der Waals surface area contributed by atoms with E-state index in [4.69, 9.17) is 4.98 Å². The van der Waals surface area contributed by atoms with Crippen LogP contribution in [0.2, 0.25) is 0 Å². The van der Waals surface area contributed by atoms with Crippen LogP contribution < -0.4 is 5.32 Å². The number of amides is 1. The maximum atomic E-state index is 12.9. The van der Waals surface area contributed by atoms with Gasteiger partial charge in [0.1, 0.15) is 0 Å². The fraction of sp³-hybridized carbons (Fsp3) is 0.304. The first kappa shape index (κ1) is 20.5. The molecule has 0 aliphatic carbocycles. The predicted octanol–water partition coefficient (Wildman–Crippen LogP) is 4.91. The number of hydrogen-bond donors (Lipinski definition) is 1. The van der Waals surface area contributed by atoms with E-state index in [1.165, 1.54) is 5.56 Å². The summed E-state index contributed by atoms with van der Waals surface area (Å²) in [4.78, 5) is 19.8. The quantitative estimate of drug-likeness (QED) is 0.531. The SMILES string of the molecule is CCc1ccc(-c2cc(C(=O)NCCCN(C)C)c3cc(Br)ccc3n2)cc1. The Morgan fingerprint density at radius 2 is 1.86 bits per heavy atom. The van der Waals surface area contributed by atoms with Crippen LogP contribution >= 0.6 is 15.9 Å². The molecule has 3 rings (SSSR count). The van der Waals surface area contributed by atoms with Crippen molar-refractivity contribution in [1.82, 2.24) is 15.2 Å². The molecule has 0 aliphatic rings. The van der Waals surface area contributed by atoms with Gasteiger partial charge in [-0.1, -0.05) is 47.1 Å². The molecule has 0 fully saturated rings. The molecule has 1 heterocycles. The molecule has 1 N–H and O–H groups in total. The number of aromatic nitrogens is 1. The monoisotopic (exact) mass is 439 g/mol. The number of nitrogens with one attached hydrogen (secondary N) is 1. The van der Waals surface area contributed by atoms with Crippen molar-refractivity contribution in [3.05, 3.63) is 64.1 Å². The van der Waals surface area contributed by atoms with Gasteiger partial charge in [0.2, 0.25) is 0 Å². The Morgan fingerprint density at radius 1 is 1.11 bits per heavy atom. The van der Waals surface area contributed by atoms with E-state index in [0.29, 0.717) is 12.1 Å². The van der Waals surface area contributed by atoms with Crippen LogP contribution in [0.4, 0.5) is 0 Å². The Morgan fingerprint density at radius 3 is 2.54 bits per heavy atom. The van der Waals surface area contributed by atoms with Crippen molar-refractivity contribution in [3.8, 4) is 11.3 Å². The maximum Gasteiger partial charge on any atom is 0.252 e. The molecule has 0 unspecified atom stereocenters. The van der Waals surface area contributed by atoms with Gasteiger partial charge in [0.05, 0.1) is 16.8 Å². The molecule has 3 aromatic rings. The summed E-state index contributed by atoms with van der Waals surface area (Å²) in [6, 6.07) is 16.1. The standard InChI is InChI=1S/C23H26BrN3O/c1-4-16-6-8-17(9-7-16)22-15-20(23(28)25-12-5-13-27(2)3)19-14-18(24)10-11-21(19)26-22/h6-11,14-15H,4-5,12-13H2,1-3H3,(H,25,28). The Bertz CT molecular complexity index is 967. The molecule has 0 atom stereocenters. The Balaban J connectivity index is 1.96. The number of fused-ring (bicyclic) bond motifs is 1. The van der Waals surface area contributed by atoms with Gasteiger partial charge in [-0.05, 0) is 63.3 Å². The molecule has 0 radical (unpaired) electrons. The van der Waals surface area contributed by atoms with Gasteiger partial charge in [-0.15, -0.1) is 0 Å². The second-order valence-corrected chi connectivity index (χ2v) is 8.10. The molecule has 1 aromatic heterocycles. The number of nitrogens with zero attached hydrogens (tertiary/aromatic N) is 2. The number of carbonyl (C=O) groups is 1. The largest absolute Gasteiger partial charge is 0.352 e. The lowest BCUT2D eigenvalue weighted by Crippen LogP contribution is -2.27. The van der Waals surface area contributed by atoms with Crippen LogP contribution in [0.5, 0.6) is 0 Å². The van der Waals surface area contributed by atoms with Gasteiger partial charge in [-0.3, -0.25) is 4.79 Å². The lowest BCUT2D eigenvalue weighted by molar-refractivity contribution is 0.0954. The third-order valence-electron chi connectivity index (χ3n) is 4.74. The van der Waals surface area contributed by atoms with Gasteiger partial charge in [-0.25, -0.2) is 4.98 Å². The number of halogens is 1. The number of benzene rings is 2. The van der Waals surface area contributed by atoms with Crippen molar-refractivity contribution < 1.29 is 4.79 Å². The molecule has 1 amide bonds. The van der Waals surface area contributed by atoms with Gasteiger partial charge in [-0.2, -0.15) is 0 Å². The highest BCUT2D eigenvalue weighted by atomic mass is 79.9. The molecule has 0 spiro atoms. The van der Waals surface area contributed by atoms with Gasteiger partial charge in [0.15, 0.2) is 0 Å². The second-order valence-electron chi connectivity index (χ2n) is 7.18. The predicted molar refractivity (Wildman–Crippen MR) is 120 cm³/mol. The molecular weight excluding hydrogens is 414 g/mol. The van der Waals surface area contributed by atoms with Crippen LogP contribution in [-0.2, 0) is 6.42 Å². The number of hydrogen-bond acceptors (Lipinski definition) is 3. The first-order valence-corrected chi connectivity index (χ1v) is 10.4. The molecule has 28 heavy (non-hydrogen) atoms. The minimum absolute atomic E-state index is 0.0596. The lowest BCUT2D eigenvalue weighted by atomic mass is 10.0. The zero-order valence-electron chi connectivity index (χ0n) is 16.6. The molecule has 0 aliphatic heterocycles. The zero-order valence-corrected chi connectivity index (χ0v) is 18.2. The number of aryl methyl sites for hydroxylation is 1. The van der Waals surface area contributed by atoms with Crippen molar-refractivity contribution in [3.63, 3.8) is 0 Å². The van der Waals surface area contributed by atoms with Crippen LogP contribution in [0, 0.1) is 0 Å². The number of carbonyl (C=O) groups excluding carboxylic acids is 1. The molecular formula is C23H26BrN3O. The van der Waals surface area contributed by atoms with E-state index in [1.54, 1.807) is 0 Å².